The first-order valence-electron chi connectivity index (χ1n) is 8.72. The molecule has 0 radical (unpaired) electrons. The van der Waals surface area contributed by atoms with Gasteiger partial charge < -0.3 is 10.6 Å². The average molecular weight is 362 g/mol. The van der Waals surface area contributed by atoms with Crippen LogP contribution in [-0.2, 0) is 6.54 Å². The lowest BCUT2D eigenvalue weighted by Crippen LogP contribution is -2.24. The van der Waals surface area contributed by atoms with Crippen molar-refractivity contribution >= 4 is 17.3 Å². The van der Waals surface area contributed by atoms with Crippen LogP contribution < -0.4 is 15.6 Å². The van der Waals surface area contributed by atoms with Crippen molar-refractivity contribution in [1.29, 1.82) is 5.26 Å². The van der Waals surface area contributed by atoms with Gasteiger partial charge in [-0.05, 0) is 18.2 Å². The van der Waals surface area contributed by atoms with Gasteiger partial charge in [0, 0.05) is 19.0 Å². The summed E-state index contributed by atoms with van der Waals surface area (Å²) in [6.07, 6.45) is 0. The monoisotopic (exact) mass is 362 g/mol. The highest BCUT2D eigenvalue weighted by molar-refractivity contribution is 6.04. The van der Waals surface area contributed by atoms with Crippen molar-refractivity contribution in [3.8, 4) is 17.3 Å². The van der Waals surface area contributed by atoms with E-state index >= 15 is 0 Å². The molecule has 3 aliphatic rings. The topological polar surface area (TPSA) is 93.4 Å². The summed E-state index contributed by atoms with van der Waals surface area (Å²) in [5.74, 6) is -0.410. The fraction of sp³-hybridized carbons (Fsp3) is 0.263. The number of hydrogen-bond acceptors (Lipinski definition) is 6. The summed E-state index contributed by atoms with van der Waals surface area (Å²) in [7, 11) is 0. The Morgan fingerprint density at radius 2 is 2.19 bits per heavy atom. The lowest BCUT2D eigenvalue weighted by atomic mass is 10.0. The van der Waals surface area contributed by atoms with Gasteiger partial charge in [0.25, 0.3) is 5.91 Å². The maximum absolute atomic E-state index is 14.5. The van der Waals surface area contributed by atoms with E-state index in [1.807, 2.05) is 11.1 Å². The smallest absolute Gasteiger partial charge is 0.255 e. The Kier molecular flexibility index (Phi) is 3.45. The van der Waals surface area contributed by atoms with Crippen molar-refractivity contribution in [3.05, 3.63) is 46.9 Å². The van der Waals surface area contributed by atoms with Crippen LogP contribution in [0, 0.1) is 23.1 Å². The lowest BCUT2D eigenvalue weighted by Gasteiger charge is -2.19. The fourth-order valence-electron chi connectivity index (χ4n) is 3.90. The summed E-state index contributed by atoms with van der Waals surface area (Å²) in [5, 5.41) is 21.9. The van der Waals surface area contributed by atoms with Crippen LogP contribution >= 0.6 is 0 Å². The molecule has 5 rings (SSSR count). The third-order valence-corrected chi connectivity index (χ3v) is 5.20. The molecule has 0 spiro atoms. The zero-order chi connectivity index (χ0) is 18.5. The van der Waals surface area contributed by atoms with Crippen LogP contribution in [0.4, 0.5) is 10.1 Å². The third kappa shape index (κ3) is 2.39. The number of nitrogens with zero attached hydrogens (tertiary/aromatic N) is 4. The molecule has 1 atom stereocenters. The number of benzene rings is 1. The summed E-state index contributed by atoms with van der Waals surface area (Å²) in [6, 6.07) is 8.05. The van der Waals surface area contributed by atoms with E-state index in [0.29, 0.717) is 35.1 Å². The van der Waals surface area contributed by atoms with Crippen LogP contribution in [-0.4, -0.2) is 36.2 Å². The Balaban J connectivity index is 1.70. The molecule has 2 aromatic rings. The number of fused-ring (bicyclic) bond motifs is 2. The van der Waals surface area contributed by atoms with Gasteiger partial charge in [-0.15, -0.1) is 0 Å². The van der Waals surface area contributed by atoms with E-state index in [2.05, 4.69) is 20.7 Å². The molecule has 0 bridgehead atoms. The predicted octanol–water partition coefficient (Wildman–Crippen LogP) is 1.40. The predicted molar refractivity (Wildman–Crippen MR) is 96.7 cm³/mol. The number of hydrogen-bond donors (Lipinski definition) is 2. The molecule has 0 saturated carbocycles. The lowest BCUT2D eigenvalue weighted by molar-refractivity contribution is 0.0966. The maximum Gasteiger partial charge on any atom is 0.255 e. The normalized spacial score (nSPS) is 20.1. The summed E-state index contributed by atoms with van der Waals surface area (Å²) >= 11 is 0. The van der Waals surface area contributed by atoms with Crippen LogP contribution in [0.1, 0.15) is 21.6 Å². The minimum absolute atomic E-state index is 0.150. The summed E-state index contributed by atoms with van der Waals surface area (Å²) in [4.78, 5) is 16.8. The largest absolute Gasteiger partial charge is 0.346 e. The number of anilines is 1. The number of amides is 1. The molecule has 0 aliphatic carbocycles. The van der Waals surface area contributed by atoms with Crippen molar-refractivity contribution in [2.75, 3.05) is 24.6 Å². The van der Waals surface area contributed by atoms with E-state index in [1.54, 1.807) is 12.1 Å². The molecule has 3 aliphatic heterocycles. The van der Waals surface area contributed by atoms with Gasteiger partial charge in [0.2, 0.25) is 0 Å². The van der Waals surface area contributed by atoms with Gasteiger partial charge in [0.15, 0.2) is 0 Å². The maximum atomic E-state index is 14.5. The molecule has 1 aromatic carbocycles. The summed E-state index contributed by atoms with van der Waals surface area (Å²) in [5.41, 5.74) is 3.39. The Morgan fingerprint density at radius 3 is 3.00 bits per heavy atom. The van der Waals surface area contributed by atoms with Gasteiger partial charge in [-0.2, -0.15) is 10.4 Å². The first-order valence-corrected chi connectivity index (χ1v) is 8.72. The van der Waals surface area contributed by atoms with E-state index < -0.39 is 5.82 Å². The number of nitriles is 1. The molecule has 4 heterocycles. The van der Waals surface area contributed by atoms with Crippen molar-refractivity contribution in [1.82, 2.24) is 15.6 Å². The molecule has 134 valence electrons. The van der Waals surface area contributed by atoms with Gasteiger partial charge in [-0.3, -0.25) is 9.80 Å². The average Bonchev–Trinajstić information content (AvgIpc) is 3.36. The van der Waals surface area contributed by atoms with Crippen LogP contribution in [0.15, 0.2) is 29.4 Å². The van der Waals surface area contributed by atoms with E-state index in [9.17, 15) is 14.4 Å². The van der Waals surface area contributed by atoms with Crippen LogP contribution in [0.3, 0.4) is 0 Å². The van der Waals surface area contributed by atoms with Crippen molar-refractivity contribution < 1.29 is 9.18 Å². The number of nitrogens with one attached hydrogen (secondary N) is 2. The molecule has 8 heteroatoms. The van der Waals surface area contributed by atoms with E-state index in [-0.39, 0.29) is 23.6 Å². The molecule has 1 fully saturated rings. The Morgan fingerprint density at radius 1 is 1.30 bits per heavy atom. The van der Waals surface area contributed by atoms with Crippen LogP contribution in [0.5, 0.6) is 0 Å². The van der Waals surface area contributed by atoms with Crippen LogP contribution in [0.25, 0.3) is 11.3 Å². The second-order valence-corrected chi connectivity index (χ2v) is 6.81. The fourth-order valence-corrected chi connectivity index (χ4v) is 3.90. The zero-order valence-electron chi connectivity index (χ0n) is 14.3. The molecule has 2 N–H and O–H groups in total. The Bertz CT molecular complexity index is 1060. The number of pyridine rings is 1. The minimum Gasteiger partial charge on any atom is -0.346 e. The van der Waals surface area contributed by atoms with Gasteiger partial charge in [-0.1, -0.05) is 6.07 Å². The molecule has 1 saturated heterocycles. The first kappa shape index (κ1) is 15.9. The highest BCUT2D eigenvalue weighted by Crippen LogP contribution is 2.36. The van der Waals surface area contributed by atoms with Gasteiger partial charge in [0.1, 0.15) is 5.82 Å². The molecule has 1 aromatic heterocycles. The van der Waals surface area contributed by atoms with Crippen molar-refractivity contribution in [2.24, 2.45) is 11.0 Å². The highest BCUT2D eigenvalue weighted by atomic mass is 19.1. The van der Waals surface area contributed by atoms with Crippen molar-refractivity contribution in [2.45, 2.75) is 6.54 Å². The van der Waals surface area contributed by atoms with Crippen LogP contribution in [0.2, 0.25) is 0 Å². The summed E-state index contributed by atoms with van der Waals surface area (Å²) < 4.78 is 14.5. The number of aromatic nitrogens is 1. The summed E-state index contributed by atoms with van der Waals surface area (Å²) in [6.45, 7) is 2.53. The molecule has 1 unspecified atom stereocenters. The number of rotatable bonds is 2. The molecule has 7 nitrogen and oxygen atoms in total. The molecular formula is C19H15FN6O. The van der Waals surface area contributed by atoms with Gasteiger partial charge in [0.05, 0.1) is 58.6 Å². The molecular weight excluding hydrogens is 347 g/mol. The molecule has 27 heavy (non-hydrogen) atoms. The van der Waals surface area contributed by atoms with Gasteiger partial charge in [-0.25, -0.2) is 9.37 Å². The minimum atomic E-state index is -0.515. The highest BCUT2D eigenvalue weighted by Gasteiger charge is 2.35. The Labute approximate surface area is 154 Å². The number of carbonyl (C=O) groups excluding carboxylic acids is 1. The van der Waals surface area contributed by atoms with E-state index in [0.717, 1.165) is 18.8 Å². The first-order chi connectivity index (χ1) is 13.2. The molecule has 1 amide bonds. The van der Waals surface area contributed by atoms with E-state index in [4.69, 9.17) is 0 Å². The standard InChI is InChI=1S/C19H15FN6O/c20-12-3-1-2-10(5-21)17(12)13-4-16(18-15(24-13)8-23-19(18)27)26-9-11-6-22-7-14(11)25-26/h1-4,11,22H,6-9H2,(H,23,27). The quantitative estimate of drug-likeness (QED) is 0.842. The SMILES string of the molecule is N#Cc1cccc(F)c1-c1cc(N2CC3CNCC3=N2)c2c(n1)CNC2=O. The van der Waals surface area contributed by atoms with Crippen molar-refractivity contribution in [3.63, 3.8) is 0 Å². The second kappa shape index (κ2) is 5.86. The van der Waals surface area contributed by atoms with E-state index in [1.165, 1.54) is 12.1 Å². The van der Waals surface area contributed by atoms with Gasteiger partial charge >= 0.3 is 0 Å². The Hall–Kier alpha value is -3.31. The second-order valence-electron chi connectivity index (χ2n) is 6.81. The number of carbonyl (C=O) groups is 1. The number of hydrazone groups is 1. The number of halogens is 1. The third-order valence-electron chi connectivity index (χ3n) is 5.20. The zero-order valence-corrected chi connectivity index (χ0v) is 14.3.